The third-order valence-electron chi connectivity index (χ3n) is 9.46. The van der Waals surface area contributed by atoms with Crippen molar-refractivity contribution in [3.8, 4) is 17.2 Å². The first-order valence-electron chi connectivity index (χ1n) is 15.7. The smallest absolute Gasteiger partial charge is 0.246 e. The molecule has 3 aromatic carbocycles. The highest BCUT2D eigenvalue weighted by atomic mass is 16.5. The van der Waals surface area contributed by atoms with Crippen LogP contribution in [0.25, 0.3) is 0 Å². The largest absolute Gasteiger partial charge is 0.497 e. The molecule has 4 aliphatic rings. The topological polar surface area (TPSA) is 106 Å². The molecular formula is C36H37N3O6. The number of benzene rings is 3. The zero-order valence-electron chi connectivity index (χ0n) is 25.2. The maximum atomic E-state index is 14.3. The number of rotatable bonds is 9. The van der Waals surface area contributed by atoms with E-state index in [9.17, 15) is 14.4 Å². The van der Waals surface area contributed by atoms with Crippen LogP contribution in [-0.4, -0.2) is 53.5 Å². The molecule has 3 fully saturated rings. The van der Waals surface area contributed by atoms with Crippen molar-refractivity contribution in [1.82, 2.24) is 10.2 Å². The van der Waals surface area contributed by atoms with Gasteiger partial charge in [-0.25, -0.2) is 0 Å². The molecule has 2 saturated heterocycles. The minimum Gasteiger partial charge on any atom is -0.497 e. The second-order valence-electron chi connectivity index (χ2n) is 12.3. The van der Waals surface area contributed by atoms with Gasteiger partial charge in [0.2, 0.25) is 17.7 Å². The molecule has 3 aromatic rings. The molecule has 0 radical (unpaired) electrons. The zero-order chi connectivity index (χ0) is 31.0. The summed E-state index contributed by atoms with van der Waals surface area (Å²) < 4.78 is 17.8. The highest BCUT2D eigenvalue weighted by Crippen LogP contribution is 2.55. The van der Waals surface area contributed by atoms with Gasteiger partial charge in [0.25, 0.3) is 0 Å². The highest BCUT2D eigenvalue weighted by molar-refractivity contribution is 6.02. The van der Waals surface area contributed by atoms with Crippen LogP contribution in [0.2, 0.25) is 0 Å². The number of anilines is 1. The van der Waals surface area contributed by atoms with E-state index >= 15 is 0 Å². The van der Waals surface area contributed by atoms with Crippen LogP contribution in [0.4, 0.5) is 5.69 Å². The van der Waals surface area contributed by atoms with Crippen molar-refractivity contribution in [1.29, 1.82) is 0 Å². The number of likely N-dealkylation sites (tertiary alicyclic amines) is 1. The summed E-state index contributed by atoms with van der Waals surface area (Å²) in [5, 5.41) is 6.22. The predicted molar refractivity (Wildman–Crippen MR) is 168 cm³/mol. The summed E-state index contributed by atoms with van der Waals surface area (Å²) in [6.07, 6.45) is 8.19. The predicted octanol–water partition coefficient (Wildman–Crippen LogP) is 5.23. The summed E-state index contributed by atoms with van der Waals surface area (Å²) in [7, 11) is 1.59. The average molecular weight is 608 g/mol. The van der Waals surface area contributed by atoms with Crippen LogP contribution in [-0.2, 0) is 25.7 Å². The lowest BCUT2D eigenvalue weighted by Crippen LogP contribution is -2.56. The van der Waals surface area contributed by atoms with Gasteiger partial charge >= 0.3 is 0 Å². The minimum absolute atomic E-state index is 0.0611. The van der Waals surface area contributed by atoms with Gasteiger partial charge < -0.3 is 29.7 Å². The molecule has 1 spiro atoms. The van der Waals surface area contributed by atoms with E-state index in [1.54, 1.807) is 36.3 Å². The number of amides is 3. The molecule has 45 heavy (non-hydrogen) atoms. The maximum absolute atomic E-state index is 14.3. The van der Waals surface area contributed by atoms with Gasteiger partial charge in [-0.15, -0.1) is 0 Å². The van der Waals surface area contributed by atoms with Gasteiger partial charge in [0, 0.05) is 18.3 Å². The molecule has 5 atom stereocenters. The van der Waals surface area contributed by atoms with Crippen LogP contribution in [0.15, 0.2) is 91.0 Å². The molecule has 1 aliphatic carbocycles. The van der Waals surface area contributed by atoms with E-state index in [2.05, 4.69) is 10.6 Å². The number of carbonyl (C=O) groups excluding carboxylic acids is 3. The first-order valence-corrected chi connectivity index (χ1v) is 15.7. The molecule has 0 unspecified atom stereocenters. The molecule has 3 amide bonds. The third-order valence-corrected chi connectivity index (χ3v) is 9.46. The average Bonchev–Trinajstić information content (AvgIpc) is 3.70. The van der Waals surface area contributed by atoms with Crippen molar-refractivity contribution >= 4 is 23.4 Å². The Morgan fingerprint density at radius 2 is 1.64 bits per heavy atom. The first-order chi connectivity index (χ1) is 21.9. The molecule has 0 aromatic heterocycles. The fourth-order valence-corrected chi connectivity index (χ4v) is 7.39. The van der Waals surface area contributed by atoms with Gasteiger partial charge in [0.1, 0.15) is 28.9 Å². The number of ether oxygens (including phenoxy) is 3. The van der Waals surface area contributed by atoms with Gasteiger partial charge in [0.05, 0.1) is 25.0 Å². The molecule has 9 heteroatoms. The van der Waals surface area contributed by atoms with Gasteiger partial charge in [-0.05, 0) is 66.9 Å². The van der Waals surface area contributed by atoms with Crippen LogP contribution in [0.1, 0.15) is 37.7 Å². The summed E-state index contributed by atoms with van der Waals surface area (Å²) in [5.74, 6) is -0.433. The fourth-order valence-electron chi connectivity index (χ4n) is 7.39. The van der Waals surface area contributed by atoms with Crippen molar-refractivity contribution < 1.29 is 28.6 Å². The molecular weight excluding hydrogens is 570 g/mol. The summed E-state index contributed by atoms with van der Waals surface area (Å²) in [6, 6.07) is 23.2. The SMILES string of the molecule is COc1cccc(CN2C(=O)[C@H]3[C@@H](C(=O)Nc4ccc(Oc5ccccc5)cc4)[C@H]4C=C[C@@]3(O4)[C@@H]2C(=O)NC2CCCCC2)c1. The van der Waals surface area contributed by atoms with E-state index in [1.807, 2.05) is 66.7 Å². The molecule has 1 saturated carbocycles. The summed E-state index contributed by atoms with van der Waals surface area (Å²) in [6.45, 7) is 0.191. The third kappa shape index (κ3) is 5.46. The van der Waals surface area contributed by atoms with Crippen LogP contribution in [0.3, 0.4) is 0 Å². The number of hydrogen-bond donors (Lipinski definition) is 2. The molecule has 3 aliphatic heterocycles. The minimum atomic E-state index is -1.23. The van der Waals surface area contributed by atoms with Gasteiger partial charge in [0.15, 0.2) is 0 Å². The number of methoxy groups -OCH3 is 1. The number of para-hydroxylation sites is 1. The van der Waals surface area contributed by atoms with E-state index in [4.69, 9.17) is 14.2 Å². The van der Waals surface area contributed by atoms with E-state index in [0.29, 0.717) is 22.9 Å². The lowest BCUT2D eigenvalue weighted by molar-refractivity contribution is -0.142. The number of hydrogen-bond acceptors (Lipinski definition) is 6. The van der Waals surface area contributed by atoms with Crippen LogP contribution < -0.4 is 20.1 Å². The van der Waals surface area contributed by atoms with E-state index in [0.717, 1.165) is 37.7 Å². The first kappa shape index (κ1) is 29.1. The van der Waals surface area contributed by atoms with Gasteiger partial charge in [-0.1, -0.05) is 61.7 Å². The highest BCUT2D eigenvalue weighted by Gasteiger charge is 2.72. The molecule has 2 N–H and O–H groups in total. The van der Waals surface area contributed by atoms with Crippen LogP contribution in [0.5, 0.6) is 17.2 Å². The maximum Gasteiger partial charge on any atom is 0.246 e. The molecule has 232 valence electrons. The Morgan fingerprint density at radius 1 is 0.911 bits per heavy atom. The summed E-state index contributed by atoms with van der Waals surface area (Å²) >= 11 is 0. The number of nitrogens with zero attached hydrogens (tertiary/aromatic N) is 1. The second-order valence-corrected chi connectivity index (χ2v) is 12.3. The summed E-state index contributed by atoms with van der Waals surface area (Å²) in [4.78, 5) is 43.9. The fraction of sp³-hybridized carbons (Fsp3) is 0.361. The zero-order valence-corrected chi connectivity index (χ0v) is 25.2. The van der Waals surface area contributed by atoms with Crippen molar-refractivity contribution in [2.75, 3.05) is 12.4 Å². The second kappa shape index (κ2) is 12.0. The normalized spacial score (nSPS) is 26.9. The Balaban J connectivity index is 1.14. The van der Waals surface area contributed by atoms with Crippen molar-refractivity contribution in [3.63, 3.8) is 0 Å². The number of carbonyl (C=O) groups is 3. The summed E-state index contributed by atoms with van der Waals surface area (Å²) in [5.41, 5.74) is 0.174. The van der Waals surface area contributed by atoms with Gasteiger partial charge in [-0.2, -0.15) is 0 Å². The van der Waals surface area contributed by atoms with Gasteiger partial charge in [-0.3, -0.25) is 14.4 Å². The molecule has 9 nitrogen and oxygen atoms in total. The number of nitrogens with one attached hydrogen (secondary N) is 2. The lowest BCUT2D eigenvalue weighted by Gasteiger charge is -2.34. The molecule has 3 heterocycles. The monoisotopic (exact) mass is 607 g/mol. The molecule has 7 rings (SSSR count). The van der Waals surface area contributed by atoms with Crippen LogP contribution in [0, 0.1) is 11.8 Å². The van der Waals surface area contributed by atoms with Crippen molar-refractivity contribution in [2.45, 2.75) is 62.4 Å². The molecule has 2 bridgehead atoms. The van der Waals surface area contributed by atoms with Crippen molar-refractivity contribution in [3.05, 3.63) is 96.6 Å². The Kier molecular flexibility index (Phi) is 7.79. The lowest BCUT2D eigenvalue weighted by atomic mass is 9.74. The van der Waals surface area contributed by atoms with Crippen LogP contribution >= 0.6 is 0 Å². The quantitative estimate of drug-likeness (QED) is 0.323. The van der Waals surface area contributed by atoms with Crippen molar-refractivity contribution in [2.24, 2.45) is 11.8 Å². The standard InChI is InChI=1S/C36H37N3O6/c1-43-28-14-8-9-23(21-28)22-39-32(34(41)38-24-10-4-2-5-11-24)36-20-19-29(45-36)30(31(36)35(39)42)33(40)37-25-15-17-27(18-16-25)44-26-12-6-3-7-13-26/h3,6-9,12-21,24,29-32H,2,4-5,10-11,22H2,1H3,(H,37,40)(H,38,41)/t29-,30+,31-,32+,36+/m1/s1. The van der Waals surface area contributed by atoms with E-state index < -0.39 is 29.6 Å². The Bertz CT molecular complexity index is 1600. The van der Waals surface area contributed by atoms with E-state index in [-0.39, 0.29) is 30.3 Å². The Morgan fingerprint density at radius 3 is 2.40 bits per heavy atom. The number of fused-ring (bicyclic) bond motifs is 1. The van der Waals surface area contributed by atoms with E-state index in [1.165, 1.54) is 0 Å². The Labute approximate surface area is 262 Å². The Hall–Kier alpha value is -4.63.